The third-order valence-corrected chi connectivity index (χ3v) is 14.8. The Labute approximate surface area is 446 Å². The summed E-state index contributed by atoms with van der Waals surface area (Å²) in [6, 6.07) is 39.5. The van der Waals surface area contributed by atoms with E-state index in [1.807, 2.05) is 89.8 Å². The van der Waals surface area contributed by atoms with Crippen LogP contribution in [0.5, 0.6) is 11.5 Å². The van der Waals surface area contributed by atoms with Crippen molar-refractivity contribution in [1.82, 2.24) is 10.2 Å². The number of carbonyl (C=O) groups excluding carboxylic acids is 5. The summed E-state index contributed by atoms with van der Waals surface area (Å²) < 4.78 is 28.8. The fraction of sp³-hybridized carbons (Fsp3) is 0.295. The fourth-order valence-electron chi connectivity index (χ4n) is 11.4. The number of morpholine rings is 2. The summed E-state index contributed by atoms with van der Waals surface area (Å²) in [6.07, 6.45) is -0.978. The zero-order valence-electron chi connectivity index (χ0n) is 43.1. The second-order valence-corrected chi connectivity index (χ2v) is 19.6. The SMILES string of the molecule is COC(=O)[C@@H](NC(=O)N1C(=O)[C@@]2(c3cc(C#Cc4ccc(OC)cc4)ccc31)[C@H](C(=O)Nc1ccc(N3CCOCC3)cc1)[C@H]1C(=O)O[C@H](c3ccccc3)[C@H](c3ccccc3)N1[C@@H]2c1cccc(OCCO)c1)C(C)C. The van der Waals surface area contributed by atoms with Crippen molar-refractivity contribution in [2.45, 2.75) is 49.5 Å². The second-order valence-electron chi connectivity index (χ2n) is 19.6. The number of ether oxygens (including phenoxy) is 5. The average Bonchev–Trinajstić information content (AvgIpc) is 3.20. The quantitative estimate of drug-likeness (QED) is 0.0763. The lowest BCUT2D eigenvalue weighted by molar-refractivity contribution is -0.177. The summed E-state index contributed by atoms with van der Waals surface area (Å²) >= 11 is 0. The normalized spacial score (nSPS) is 22.0. The van der Waals surface area contributed by atoms with Crippen LogP contribution in [0.3, 0.4) is 0 Å². The van der Waals surface area contributed by atoms with Crippen molar-refractivity contribution in [1.29, 1.82) is 0 Å². The Morgan fingerprint density at radius 2 is 1.42 bits per heavy atom. The van der Waals surface area contributed by atoms with E-state index in [1.54, 1.807) is 87.7 Å². The molecule has 6 aromatic carbocycles. The molecule has 0 unspecified atom stereocenters. The zero-order valence-corrected chi connectivity index (χ0v) is 43.1. The van der Waals surface area contributed by atoms with E-state index in [0.717, 1.165) is 10.6 Å². The lowest BCUT2D eigenvalue weighted by Crippen LogP contribution is -2.57. The van der Waals surface area contributed by atoms with Crippen molar-refractivity contribution in [3.8, 4) is 23.3 Å². The molecule has 0 aliphatic carbocycles. The molecule has 3 fully saturated rings. The molecule has 7 atom stereocenters. The first-order chi connectivity index (χ1) is 37.5. The highest BCUT2D eigenvalue weighted by Crippen LogP contribution is 2.66. The monoisotopic (exact) mass is 1040 g/mol. The van der Waals surface area contributed by atoms with Crippen molar-refractivity contribution in [2.75, 3.05) is 68.9 Å². The third-order valence-electron chi connectivity index (χ3n) is 14.8. The van der Waals surface area contributed by atoms with Gasteiger partial charge in [-0.3, -0.25) is 19.3 Å². The number of nitrogens with one attached hydrogen (secondary N) is 2. The number of cyclic esters (lactones) is 1. The number of urea groups is 1. The number of anilines is 3. The molecule has 4 amide bonds. The van der Waals surface area contributed by atoms with Gasteiger partial charge in [0.15, 0.2) is 0 Å². The molecule has 3 saturated heterocycles. The molecular formula is C61H59N5O11. The Morgan fingerprint density at radius 3 is 2.08 bits per heavy atom. The van der Waals surface area contributed by atoms with Gasteiger partial charge < -0.3 is 44.3 Å². The maximum Gasteiger partial charge on any atom is 0.329 e. The number of amides is 4. The zero-order chi connectivity index (χ0) is 53.8. The largest absolute Gasteiger partial charge is 0.497 e. The standard InChI is InChI=1S/C61H59N5O11/c1-38(2)51(57(69)74-4)63-60(72)65-49-29-22-40(19-18-39-20-27-46(73-3)28-21-39)36-48(49)61(59(65)71)50(56(68)62-44-23-25-45(26-24-44)64-30-33-75-34-31-64)53-58(70)77-54(42-14-9-6-10-15-42)52(41-12-7-5-8-13-41)66(53)55(61)43-16-11-17-47(37-43)76-35-32-67/h5-17,20-29,36-38,50-55,67H,30-35H2,1-4H3,(H,62,68)(H,63,72)/t50-,51-,52-,53-,54+,55+,61-/m0/s1. The number of fused-ring (bicyclic) bond motifs is 3. The van der Waals surface area contributed by atoms with E-state index in [-0.39, 0.29) is 24.5 Å². The van der Waals surface area contributed by atoms with Gasteiger partial charge in [-0.2, -0.15) is 0 Å². The van der Waals surface area contributed by atoms with Crippen LogP contribution < -0.4 is 29.9 Å². The Balaban J connectivity index is 1.25. The van der Waals surface area contributed by atoms with Crippen LogP contribution in [0, 0.1) is 23.7 Å². The molecule has 10 rings (SSSR count). The number of carbonyl (C=O) groups is 5. The molecule has 4 aliphatic heterocycles. The highest BCUT2D eigenvalue weighted by atomic mass is 16.6. The Morgan fingerprint density at radius 1 is 0.753 bits per heavy atom. The van der Waals surface area contributed by atoms with Crippen molar-refractivity contribution < 1.29 is 52.8 Å². The molecular weight excluding hydrogens is 979 g/mol. The topological polar surface area (TPSA) is 186 Å². The van der Waals surface area contributed by atoms with Gasteiger partial charge in [-0.25, -0.2) is 14.5 Å². The van der Waals surface area contributed by atoms with Gasteiger partial charge in [0.1, 0.15) is 41.7 Å². The smallest absolute Gasteiger partial charge is 0.329 e. The molecule has 0 aromatic heterocycles. The van der Waals surface area contributed by atoms with E-state index in [1.165, 1.54) is 7.11 Å². The summed E-state index contributed by atoms with van der Waals surface area (Å²) in [5.74, 6) is 2.27. The lowest BCUT2D eigenvalue weighted by atomic mass is 9.65. The van der Waals surface area contributed by atoms with Crippen LogP contribution in [0.25, 0.3) is 0 Å². The number of aliphatic hydroxyl groups is 1. The van der Waals surface area contributed by atoms with Crippen LogP contribution in [0.15, 0.2) is 152 Å². The minimum atomic E-state index is -2.17. The molecule has 1 spiro atoms. The van der Waals surface area contributed by atoms with Crippen LogP contribution in [0.2, 0.25) is 0 Å². The highest BCUT2D eigenvalue weighted by Gasteiger charge is 2.75. The molecule has 394 valence electrons. The summed E-state index contributed by atoms with van der Waals surface area (Å²) in [7, 11) is 2.79. The number of benzene rings is 6. The minimum absolute atomic E-state index is 0.0564. The van der Waals surface area contributed by atoms with E-state index in [2.05, 4.69) is 27.4 Å². The highest BCUT2D eigenvalue weighted by molar-refractivity contribution is 6.25. The first-order valence-electron chi connectivity index (χ1n) is 25.6. The van der Waals surface area contributed by atoms with Crippen LogP contribution >= 0.6 is 0 Å². The molecule has 4 heterocycles. The minimum Gasteiger partial charge on any atom is -0.497 e. The summed E-state index contributed by atoms with van der Waals surface area (Å²) in [4.78, 5) is 82.5. The molecule has 3 N–H and O–H groups in total. The molecule has 6 aromatic rings. The lowest BCUT2D eigenvalue weighted by Gasteiger charge is -2.46. The maximum atomic E-state index is 16.9. The van der Waals surface area contributed by atoms with E-state index < -0.39 is 77.3 Å². The van der Waals surface area contributed by atoms with Crippen LogP contribution in [-0.2, 0) is 38.8 Å². The predicted molar refractivity (Wildman–Crippen MR) is 287 cm³/mol. The first-order valence-corrected chi connectivity index (χ1v) is 25.6. The van der Waals surface area contributed by atoms with Gasteiger partial charge in [0.05, 0.1) is 57.7 Å². The summed E-state index contributed by atoms with van der Waals surface area (Å²) in [5, 5.41) is 15.8. The van der Waals surface area contributed by atoms with E-state index in [4.69, 9.17) is 23.7 Å². The molecule has 0 radical (unpaired) electrons. The van der Waals surface area contributed by atoms with Crippen molar-refractivity contribution in [3.05, 3.63) is 185 Å². The van der Waals surface area contributed by atoms with Gasteiger partial charge >= 0.3 is 18.0 Å². The molecule has 0 saturated carbocycles. The summed E-state index contributed by atoms with van der Waals surface area (Å²) in [5.41, 5.74) is 2.37. The number of methoxy groups -OCH3 is 2. The average molecular weight is 1040 g/mol. The molecule has 16 nitrogen and oxygen atoms in total. The van der Waals surface area contributed by atoms with Crippen molar-refractivity contribution >= 4 is 46.8 Å². The number of nitrogens with zero attached hydrogens (tertiary/aromatic N) is 3. The molecule has 0 bridgehead atoms. The second kappa shape index (κ2) is 22.4. The van der Waals surface area contributed by atoms with E-state index in [9.17, 15) is 9.90 Å². The fourth-order valence-corrected chi connectivity index (χ4v) is 11.4. The number of esters is 2. The van der Waals surface area contributed by atoms with Crippen LogP contribution in [-0.4, -0.2) is 106 Å². The maximum absolute atomic E-state index is 16.9. The molecule has 4 aliphatic rings. The van der Waals surface area contributed by atoms with Crippen LogP contribution in [0.1, 0.15) is 65.4 Å². The molecule has 77 heavy (non-hydrogen) atoms. The number of hydrogen-bond donors (Lipinski definition) is 3. The first kappa shape index (κ1) is 52.0. The summed E-state index contributed by atoms with van der Waals surface area (Å²) in [6.45, 7) is 5.64. The number of hydrogen-bond acceptors (Lipinski definition) is 13. The van der Waals surface area contributed by atoms with Crippen molar-refractivity contribution in [2.24, 2.45) is 11.8 Å². The van der Waals surface area contributed by atoms with E-state index in [0.29, 0.717) is 71.3 Å². The van der Waals surface area contributed by atoms with Gasteiger partial charge in [0.2, 0.25) is 11.8 Å². The number of aliphatic hydroxyl groups excluding tert-OH is 1. The Hall–Kier alpha value is -8.49. The van der Waals surface area contributed by atoms with Gasteiger partial charge in [0.25, 0.3) is 0 Å². The van der Waals surface area contributed by atoms with Crippen LogP contribution in [0.4, 0.5) is 21.9 Å². The van der Waals surface area contributed by atoms with Gasteiger partial charge in [0, 0.05) is 35.6 Å². The molecule has 16 heteroatoms. The van der Waals surface area contributed by atoms with Crippen molar-refractivity contribution in [3.63, 3.8) is 0 Å². The van der Waals surface area contributed by atoms with Gasteiger partial charge in [-0.05, 0) is 107 Å². The van der Waals surface area contributed by atoms with Gasteiger partial charge in [-0.15, -0.1) is 0 Å². The Bertz CT molecular complexity index is 3210. The van der Waals surface area contributed by atoms with Gasteiger partial charge in [-0.1, -0.05) is 98.5 Å². The predicted octanol–water partition coefficient (Wildman–Crippen LogP) is 7.51. The van der Waals surface area contributed by atoms with E-state index >= 15 is 19.2 Å². The third kappa shape index (κ3) is 9.85. The number of imide groups is 1. The number of rotatable bonds is 13. The Kier molecular flexibility index (Phi) is 15.1.